The van der Waals surface area contributed by atoms with Gasteiger partial charge in [-0.05, 0) is 222 Å². The second-order valence-corrected chi connectivity index (χ2v) is 36.7. The minimum absolute atomic E-state index is 0.00885. The molecule has 112 heavy (non-hydrogen) atoms. The third kappa shape index (κ3) is 21.3. The molecular formula is C90H122N14O6S2. The molecule has 11 aliphatic rings. The van der Waals surface area contributed by atoms with Crippen LogP contribution in [0.1, 0.15) is 223 Å². The lowest BCUT2D eigenvalue weighted by atomic mass is 9.90. The molecule has 2 amide bonds. The third-order valence-electron chi connectivity index (χ3n) is 25.4. The van der Waals surface area contributed by atoms with Crippen molar-refractivity contribution in [2.45, 2.75) is 227 Å². The van der Waals surface area contributed by atoms with E-state index in [4.69, 9.17) is 4.74 Å². The Morgan fingerprint density at radius 1 is 0.464 bits per heavy atom. The molecule has 10 fully saturated rings. The molecule has 7 aromatic rings. The monoisotopic (exact) mass is 1560 g/mol. The summed E-state index contributed by atoms with van der Waals surface area (Å²) in [5.74, 6) is 5.83. The number of nitrogens with zero attached hydrogens (tertiary/aromatic N) is 11. The Balaban J connectivity index is 0.000000117. The quantitative estimate of drug-likeness (QED) is 0.0481. The molecule has 4 aromatic heterocycles. The number of likely N-dealkylation sites (tertiary alicyclic amines) is 5. The number of amides is 2. The number of anilines is 1. The number of rotatable bonds is 24. The average molecular weight is 1560 g/mol. The van der Waals surface area contributed by atoms with E-state index in [1.165, 1.54) is 108 Å². The molecule has 5 saturated carbocycles. The van der Waals surface area contributed by atoms with Gasteiger partial charge in [-0.3, -0.25) is 57.8 Å². The van der Waals surface area contributed by atoms with E-state index in [9.17, 15) is 24.0 Å². The highest BCUT2D eigenvalue weighted by molar-refractivity contribution is 7.06. The highest BCUT2D eigenvalue weighted by Crippen LogP contribution is 2.41. The van der Waals surface area contributed by atoms with Crippen LogP contribution in [0, 0.1) is 61.2 Å². The maximum Gasteiger partial charge on any atom is 0.271 e. The number of aromatic nitrogens is 6. The fourth-order valence-electron chi connectivity index (χ4n) is 17.5. The average Bonchev–Trinajstić information content (AvgIpc) is 1.37. The van der Waals surface area contributed by atoms with Crippen LogP contribution in [0.5, 0.6) is 5.75 Å². The number of ketones is 3. The van der Waals surface area contributed by atoms with Gasteiger partial charge in [-0.25, -0.2) is 0 Å². The van der Waals surface area contributed by atoms with E-state index in [2.05, 4.69) is 139 Å². The zero-order valence-corrected chi connectivity index (χ0v) is 69.7. The molecule has 3 aromatic carbocycles. The third-order valence-corrected chi connectivity index (χ3v) is 27.2. The molecule has 20 nitrogen and oxygen atoms in total. The molecule has 1 unspecified atom stereocenters. The van der Waals surface area contributed by atoms with Crippen molar-refractivity contribution < 1.29 is 28.7 Å². The number of benzene rings is 3. The number of fused-ring (bicyclic) bond motifs is 1. The Bertz CT molecular complexity index is 4160. The fourth-order valence-corrected chi connectivity index (χ4v) is 18.8. The lowest BCUT2D eigenvalue weighted by molar-refractivity contribution is 0.0919. The van der Waals surface area contributed by atoms with Gasteiger partial charge in [0.1, 0.15) is 34.6 Å². The zero-order valence-electron chi connectivity index (χ0n) is 68.0. The Hall–Kier alpha value is -7.57. The minimum Gasteiger partial charge on any atom is -0.482 e. The van der Waals surface area contributed by atoms with Crippen molar-refractivity contribution in [3.63, 3.8) is 0 Å². The summed E-state index contributed by atoms with van der Waals surface area (Å²) in [7, 11) is 0. The van der Waals surface area contributed by atoms with Crippen LogP contribution >= 0.6 is 23.1 Å². The summed E-state index contributed by atoms with van der Waals surface area (Å²) >= 11 is 2.86. The first kappa shape index (κ1) is 81.0. The van der Waals surface area contributed by atoms with Gasteiger partial charge >= 0.3 is 0 Å². The van der Waals surface area contributed by atoms with E-state index in [0.29, 0.717) is 91.1 Å². The molecular weight excluding hydrogens is 1440 g/mol. The fraction of sp³-hybridized carbons (Fsp3) is 0.589. The first-order valence-corrected chi connectivity index (χ1v) is 43.9. The number of Topliss-reactive ketones (excluding diaryl/α,β-unsaturated/α-hetero) is 3. The number of aryl methyl sites for hydroxylation is 4. The van der Waals surface area contributed by atoms with Gasteiger partial charge in [0, 0.05) is 148 Å². The van der Waals surface area contributed by atoms with Crippen LogP contribution in [0.25, 0.3) is 0 Å². The summed E-state index contributed by atoms with van der Waals surface area (Å²) in [5, 5.41) is 18.7. The molecule has 600 valence electrons. The van der Waals surface area contributed by atoms with Gasteiger partial charge in [0.25, 0.3) is 11.8 Å². The van der Waals surface area contributed by atoms with Crippen LogP contribution in [0.15, 0.2) is 115 Å². The van der Waals surface area contributed by atoms with Crippen molar-refractivity contribution in [2.24, 2.45) is 47.3 Å². The van der Waals surface area contributed by atoms with Gasteiger partial charge in [-0.2, -0.15) is 18.9 Å². The Labute approximate surface area is 673 Å². The van der Waals surface area contributed by atoms with E-state index in [-0.39, 0.29) is 47.4 Å². The first-order chi connectivity index (χ1) is 54.0. The number of nitrogens with one attached hydrogen (secondary N) is 3. The van der Waals surface area contributed by atoms with E-state index < -0.39 is 0 Å². The number of hydrogen-bond acceptors (Lipinski definition) is 18. The van der Waals surface area contributed by atoms with Gasteiger partial charge in [-0.15, -0.1) is 0 Å². The lowest BCUT2D eigenvalue weighted by Gasteiger charge is -2.27. The predicted octanol–water partition coefficient (Wildman–Crippen LogP) is 14.6. The molecule has 6 aliphatic heterocycles. The summed E-state index contributed by atoms with van der Waals surface area (Å²) in [6, 6.07) is 38.4. The molecule has 22 heteroatoms. The van der Waals surface area contributed by atoms with Gasteiger partial charge in [-0.1, -0.05) is 116 Å². The summed E-state index contributed by atoms with van der Waals surface area (Å²) in [6.07, 6.45) is 17.2. The second-order valence-electron chi connectivity index (χ2n) is 34.9. The van der Waals surface area contributed by atoms with Crippen LogP contribution in [-0.2, 0) is 25.9 Å². The van der Waals surface area contributed by atoms with Crippen LogP contribution < -0.4 is 20.7 Å². The minimum atomic E-state index is -0.0493. The smallest absolute Gasteiger partial charge is 0.271 e. The number of carbonyl (C=O) groups excluding carboxylic acids is 5. The molecule has 0 spiro atoms. The molecule has 10 heterocycles. The number of carbonyl (C=O) groups is 5. The normalized spacial score (nSPS) is 26.4. The maximum atomic E-state index is 13.0. The van der Waals surface area contributed by atoms with Crippen LogP contribution in [0.2, 0.25) is 0 Å². The van der Waals surface area contributed by atoms with Crippen molar-refractivity contribution in [1.82, 2.24) is 63.4 Å². The van der Waals surface area contributed by atoms with E-state index >= 15 is 0 Å². The largest absolute Gasteiger partial charge is 0.482 e. The standard InChI is InChI=1S/2C21H27N3O.C20H26N2O2.2C14H21N3OS/c2*1-15-12-23(19-8-9-19)14-18(15)11-21(25)20-10-16(2)22-24(20)13-17-6-4-3-5-7-17;1-12-10-22(17-5-6-17)11-16(12)9-19(23)15-4-7-20-18(8-15)21-13(2)14(3)24-20;2*1-3-11-6-12(16-19-11)14(18)15-13-8-17(7-9(13)2)10-4-5-10/h2*3-7,10,15,18-19H,8-9,11-14H2,1-2H3;4,7-8,12,14,16-17,21H,2,5-6,9-11H2,1,3H3;2*6,9-10,13H,3-5,7-8H2,1-2H3,(H,15,18)/t15-,18+;15-,18-;12-,14?,16+;9-,13+;9-,13-/m00000/s1. The highest BCUT2D eigenvalue weighted by atomic mass is 32.1. The van der Waals surface area contributed by atoms with E-state index in [1.807, 2.05) is 109 Å². The highest BCUT2D eigenvalue weighted by Gasteiger charge is 2.44. The van der Waals surface area contributed by atoms with E-state index in [1.54, 1.807) is 0 Å². The van der Waals surface area contributed by atoms with Crippen molar-refractivity contribution in [1.29, 1.82) is 0 Å². The van der Waals surface area contributed by atoms with Gasteiger partial charge < -0.3 is 20.7 Å². The molecule has 5 aliphatic carbocycles. The van der Waals surface area contributed by atoms with E-state index in [0.717, 1.165) is 154 Å². The van der Waals surface area contributed by atoms with Gasteiger partial charge in [0.15, 0.2) is 17.3 Å². The number of hydrogen-bond donors (Lipinski definition) is 3. The van der Waals surface area contributed by atoms with Gasteiger partial charge in [0.2, 0.25) is 0 Å². The lowest BCUT2D eigenvalue weighted by Crippen LogP contribution is -2.40. The first-order valence-electron chi connectivity index (χ1n) is 42.3. The Morgan fingerprint density at radius 3 is 1.20 bits per heavy atom. The molecule has 0 radical (unpaired) electrons. The van der Waals surface area contributed by atoms with Crippen LogP contribution in [0.4, 0.5) is 5.69 Å². The molecule has 11 atom stereocenters. The summed E-state index contributed by atoms with van der Waals surface area (Å²) in [6.45, 7) is 37.6. The summed E-state index contributed by atoms with van der Waals surface area (Å²) in [5.41, 5.74) is 9.32. The van der Waals surface area contributed by atoms with Crippen LogP contribution in [-0.4, -0.2) is 196 Å². The zero-order chi connectivity index (χ0) is 78.4. The Kier molecular flexibility index (Phi) is 26.4. The second kappa shape index (κ2) is 36.5. The van der Waals surface area contributed by atoms with Crippen molar-refractivity contribution in [3.8, 4) is 5.75 Å². The topological polar surface area (TPSA) is 208 Å². The van der Waals surface area contributed by atoms with Crippen molar-refractivity contribution in [2.75, 3.05) is 70.8 Å². The summed E-state index contributed by atoms with van der Waals surface area (Å²) in [4.78, 5) is 78.2. The van der Waals surface area contributed by atoms with Crippen molar-refractivity contribution >= 4 is 57.9 Å². The predicted molar refractivity (Wildman–Crippen MR) is 446 cm³/mol. The molecule has 0 bridgehead atoms. The van der Waals surface area contributed by atoms with Gasteiger partial charge in [0.05, 0.1) is 30.2 Å². The molecule has 5 saturated heterocycles. The number of ether oxygens (including phenoxy) is 1. The maximum absolute atomic E-state index is 13.0. The van der Waals surface area contributed by atoms with Crippen molar-refractivity contribution in [3.05, 3.63) is 176 Å². The summed E-state index contributed by atoms with van der Waals surface area (Å²) < 4.78 is 18.0. The molecule has 18 rings (SSSR count). The molecule has 3 N–H and O–H groups in total. The van der Waals surface area contributed by atoms with Crippen LogP contribution in [0.3, 0.4) is 0 Å². The Morgan fingerprint density at radius 2 is 0.830 bits per heavy atom. The SMILES string of the molecule is C=C1Nc2cc(C(=O)C[C@@H]3CN(C4CC4)C[C@@H]3C)ccc2OC1C.CCc1cc(C(=O)N[C@@H]2CN(C3CC3)C[C@@H]2C)ns1.CCc1cc(C(=O)N[C@H]2CN(C3CC3)C[C@@H]2C)ns1.Cc1cc(C(=O)C[C@@H]2CN(C3CC3)C[C@@H]2C)n(Cc2ccccc2)n1.Cc1cc(C(=O)C[C@H]2CN(C3CC3)C[C@@H]2C)n(Cc2ccccc2)n1.